The fraction of sp³-hybridized carbons (Fsp3) is 0.588. The smallest absolute Gasteiger partial charge is 0.319 e. The first-order valence-electron chi connectivity index (χ1n) is 8.10. The Morgan fingerprint density at radius 3 is 2.59 bits per heavy atom. The third-order valence-corrected chi connectivity index (χ3v) is 4.05. The van der Waals surface area contributed by atoms with E-state index in [4.69, 9.17) is 9.84 Å². The van der Waals surface area contributed by atoms with Crippen LogP contribution in [0.25, 0.3) is 0 Å². The van der Waals surface area contributed by atoms with E-state index in [1.165, 1.54) is 25.7 Å². The normalized spacial score (nSPS) is 16.5. The van der Waals surface area contributed by atoms with Crippen molar-refractivity contribution < 1.29 is 14.6 Å². The van der Waals surface area contributed by atoms with Gasteiger partial charge in [0.2, 0.25) is 0 Å². The fourth-order valence-electron chi connectivity index (χ4n) is 2.58. The van der Waals surface area contributed by atoms with Crippen LogP contribution in [0.1, 0.15) is 44.6 Å². The molecule has 0 saturated heterocycles. The van der Waals surface area contributed by atoms with Gasteiger partial charge in [-0.15, -0.1) is 0 Å². The van der Waals surface area contributed by atoms with Crippen molar-refractivity contribution in [3.05, 3.63) is 29.8 Å². The van der Waals surface area contributed by atoms with Crippen LogP contribution in [0, 0.1) is 0 Å². The van der Waals surface area contributed by atoms with Crippen molar-refractivity contribution in [3.63, 3.8) is 0 Å². The lowest BCUT2D eigenvalue weighted by Crippen LogP contribution is -2.39. The van der Waals surface area contributed by atoms with E-state index in [1.54, 1.807) is 0 Å². The maximum atomic E-state index is 11.8. The summed E-state index contributed by atoms with van der Waals surface area (Å²) < 4.78 is 5.86. The molecule has 0 bridgehead atoms. The van der Waals surface area contributed by atoms with Gasteiger partial charge in [0.1, 0.15) is 0 Å². The molecule has 1 aromatic carbocycles. The number of aliphatic hydroxyl groups is 1. The minimum absolute atomic E-state index is 0.0542. The van der Waals surface area contributed by atoms with Crippen molar-refractivity contribution in [2.75, 3.05) is 11.9 Å². The molecular weight excluding hydrogens is 280 g/mol. The second-order valence-electron chi connectivity index (χ2n) is 5.80. The number of ether oxygens (including phenoxy) is 1. The molecule has 2 rings (SSSR count). The molecule has 3 N–H and O–H groups in total. The van der Waals surface area contributed by atoms with Crippen LogP contribution in [-0.2, 0) is 11.3 Å². The van der Waals surface area contributed by atoms with Crippen LogP contribution in [0.5, 0.6) is 0 Å². The first-order valence-corrected chi connectivity index (χ1v) is 8.10. The zero-order chi connectivity index (χ0) is 15.8. The average Bonchev–Trinajstić information content (AvgIpc) is 3.05. The molecule has 0 radical (unpaired) electrons. The Labute approximate surface area is 132 Å². The van der Waals surface area contributed by atoms with Gasteiger partial charge in [-0.05, 0) is 37.0 Å². The van der Waals surface area contributed by atoms with E-state index in [-0.39, 0.29) is 18.7 Å². The first kappa shape index (κ1) is 16.8. The van der Waals surface area contributed by atoms with E-state index in [1.807, 2.05) is 31.2 Å². The Morgan fingerprint density at radius 2 is 2.00 bits per heavy atom. The van der Waals surface area contributed by atoms with Gasteiger partial charge in [-0.2, -0.15) is 0 Å². The average molecular weight is 306 g/mol. The van der Waals surface area contributed by atoms with Crippen molar-refractivity contribution in [2.45, 2.75) is 57.8 Å². The second-order valence-corrected chi connectivity index (χ2v) is 5.80. The van der Waals surface area contributed by atoms with Gasteiger partial charge in [0.05, 0.1) is 25.4 Å². The molecule has 0 spiro atoms. The van der Waals surface area contributed by atoms with Crippen LogP contribution in [0.2, 0.25) is 0 Å². The second kappa shape index (κ2) is 8.76. The summed E-state index contributed by atoms with van der Waals surface area (Å²) in [5.41, 5.74) is 1.84. The Hall–Kier alpha value is -1.59. The summed E-state index contributed by atoms with van der Waals surface area (Å²) in [5, 5.41) is 14.6. The van der Waals surface area contributed by atoms with Crippen LogP contribution >= 0.6 is 0 Å². The Balaban J connectivity index is 1.77. The largest absolute Gasteiger partial charge is 0.394 e. The standard InChI is InChI=1S/C17H26N2O3/c1-2-14(11-20)18-17(21)19-15-9-7-13(8-10-15)12-22-16-5-3-4-6-16/h7-10,14,16,20H,2-6,11-12H2,1H3,(H2,18,19,21). The molecule has 22 heavy (non-hydrogen) atoms. The fourth-order valence-corrected chi connectivity index (χ4v) is 2.58. The first-order chi connectivity index (χ1) is 10.7. The summed E-state index contributed by atoms with van der Waals surface area (Å²) in [5.74, 6) is 0. The van der Waals surface area contributed by atoms with Gasteiger partial charge in [-0.25, -0.2) is 4.79 Å². The highest BCUT2D eigenvalue weighted by atomic mass is 16.5. The predicted molar refractivity (Wildman–Crippen MR) is 86.8 cm³/mol. The maximum absolute atomic E-state index is 11.8. The monoisotopic (exact) mass is 306 g/mol. The maximum Gasteiger partial charge on any atom is 0.319 e. The van der Waals surface area contributed by atoms with Crippen LogP contribution in [0.3, 0.4) is 0 Å². The zero-order valence-corrected chi connectivity index (χ0v) is 13.2. The predicted octanol–water partition coefficient (Wildman–Crippen LogP) is 3.04. The number of nitrogens with one attached hydrogen (secondary N) is 2. The SMILES string of the molecule is CCC(CO)NC(=O)Nc1ccc(COC2CCCC2)cc1. The lowest BCUT2D eigenvalue weighted by molar-refractivity contribution is 0.0457. The number of amides is 2. The lowest BCUT2D eigenvalue weighted by atomic mass is 10.2. The summed E-state index contributed by atoms with van der Waals surface area (Å²) >= 11 is 0. The molecule has 2 amide bonds. The number of anilines is 1. The molecule has 5 heteroatoms. The molecular formula is C17H26N2O3. The number of aliphatic hydroxyl groups excluding tert-OH is 1. The number of hydrogen-bond acceptors (Lipinski definition) is 3. The number of benzene rings is 1. The van der Waals surface area contributed by atoms with E-state index in [0.29, 0.717) is 19.1 Å². The van der Waals surface area contributed by atoms with E-state index < -0.39 is 0 Å². The molecule has 5 nitrogen and oxygen atoms in total. The molecule has 1 saturated carbocycles. The van der Waals surface area contributed by atoms with Gasteiger partial charge in [-0.3, -0.25) is 0 Å². The van der Waals surface area contributed by atoms with Crippen molar-refractivity contribution in [2.24, 2.45) is 0 Å². The quantitative estimate of drug-likeness (QED) is 0.725. The minimum atomic E-state index is -0.296. The van der Waals surface area contributed by atoms with Crippen molar-refractivity contribution >= 4 is 11.7 Å². The molecule has 0 heterocycles. The highest BCUT2D eigenvalue weighted by molar-refractivity contribution is 5.89. The van der Waals surface area contributed by atoms with E-state index >= 15 is 0 Å². The number of urea groups is 1. The van der Waals surface area contributed by atoms with Crippen LogP contribution < -0.4 is 10.6 Å². The van der Waals surface area contributed by atoms with Crippen molar-refractivity contribution in [1.29, 1.82) is 0 Å². The van der Waals surface area contributed by atoms with Gasteiger partial charge in [0, 0.05) is 5.69 Å². The van der Waals surface area contributed by atoms with Gasteiger partial charge < -0.3 is 20.5 Å². The Morgan fingerprint density at radius 1 is 1.32 bits per heavy atom. The highest BCUT2D eigenvalue weighted by Gasteiger charge is 2.15. The number of carbonyl (C=O) groups is 1. The number of carbonyl (C=O) groups excluding carboxylic acids is 1. The van der Waals surface area contributed by atoms with E-state index in [0.717, 1.165) is 11.3 Å². The van der Waals surface area contributed by atoms with E-state index in [9.17, 15) is 4.79 Å². The third-order valence-electron chi connectivity index (χ3n) is 4.05. The van der Waals surface area contributed by atoms with Crippen LogP contribution in [0.4, 0.5) is 10.5 Å². The third kappa shape index (κ3) is 5.31. The van der Waals surface area contributed by atoms with Crippen molar-refractivity contribution in [3.8, 4) is 0 Å². The van der Waals surface area contributed by atoms with Gasteiger partial charge in [0.15, 0.2) is 0 Å². The molecule has 1 unspecified atom stereocenters. The summed E-state index contributed by atoms with van der Waals surface area (Å²) in [6, 6.07) is 7.16. The molecule has 1 aromatic rings. The Bertz CT molecular complexity index is 451. The van der Waals surface area contributed by atoms with Gasteiger partial charge >= 0.3 is 6.03 Å². The summed E-state index contributed by atoms with van der Waals surface area (Å²) in [4.78, 5) is 11.8. The topological polar surface area (TPSA) is 70.6 Å². The van der Waals surface area contributed by atoms with Crippen LogP contribution in [0.15, 0.2) is 24.3 Å². The summed E-state index contributed by atoms with van der Waals surface area (Å²) in [6.45, 7) is 2.49. The molecule has 0 aromatic heterocycles. The highest BCUT2D eigenvalue weighted by Crippen LogP contribution is 2.22. The van der Waals surface area contributed by atoms with Gasteiger partial charge in [-0.1, -0.05) is 31.9 Å². The molecule has 1 aliphatic rings. The Kier molecular flexibility index (Phi) is 6.68. The lowest BCUT2D eigenvalue weighted by Gasteiger charge is -2.15. The zero-order valence-electron chi connectivity index (χ0n) is 13.2. The van der Waals surface area contributed by atoms with Gasteiger partial charge in [0.25, 0.3) is 0 Å². The summed E-state index contributed by atoms with van der Waals surface area (Å²) in [7, 11) is 0. The molecule has 1 aliphatic carbocycles. The number of hydrogen-bond donors (Lipinski definition) is 3. The van der Waals surface area contributed by atoms with Crippen molar-refractivity contribution in [1.82, 2.24) is 5.32 Å². The molecule has 1 fully saturated rings. The summed E-state index contributed by atoms with van der Waals surface area (Å²) in [6.07, 6.45) is 5.99. The molecule has 122 valence electrons. The number of rotatable bonds is 7. The van der Waals surface area contributed by atoms with E-state index in [2.05, 4.69) is 10.6 Å². The van der Waals surface area contributed by atoms with Crippen LogP contribution in [-0.4, -0.2) is 29.9 Å². The minimum Gasteiger partial charge on any atom is -0.394 e. The molecule has 0 aliphatic heterocycles. The molecule has 1 atom stereocenters.